The zero-order chi connectivity index (χ0) is 17.5. The van der Waals surface area contributed by atoms with E-state index in [0.29, 0.717) is 13.1 Å². The molecule has 1 N–H and O–H groups in total. The Hall–Kier alpha value is -2.73. The number of hydrogen-bond acceptors (Lipinski definition) is 5. The second kappa shape index (κ2) is 8.39. The van der Waals surface area contributed by atoms with Crippen molar-refractivity contribution in [3.8, 4) is 11.4 Å². The molecule has 0 unspecified atom stereocenters. The average Bonchev–Trinajstić information content (AvgIpc) is 2.68. The summed E-state index contributed by atoms with van der Waals surface area (Å²) in [6.45, 7) is 7.93. The van der Waals surface area contributed by atoms with Gasteiger partial charge in [-0.05, 0) is 6.07 Å². The van der Waals surface area contributed by atoms with E-state index in [9.17, 15) is 4.79 Å². The number of nitrogens with one attached hydrogen (secondary N) is 1. The van der Waals surface area contributed by atoms with E-state index in [4.69, 9.17) is 4.98 Å². The summed E-state index contributed by atoms with van der Waals surface area (Å²) in [6.07, 6.45) is 3.50. The van der Waals surface area contributed by atoms with Gasteiger partial charge in [-0.2, -0.15) is 0 Å². The summed E-state index contributed by atoms with van der Waals surface area (Å²) >= 11 is 0. The molecule has 0 aliphatic carbocycles. The van der Waals surface area contributed by atoms with Crippen molar-refractivity contribution in [2.75, 3.05) is 44.2 Å². The van der Waals surface area contributed by atoms with Gasteiger partial charge in [0.25, 0.3) is 0 Å². The van der Waals surface area contributed by atoms with Gasteiger partial charge in [-0.25, -0.2) is 9.97 Å². The zero-order valence-corrected chi connectivity index (χ0v) is 14.3. The molecular formula is C19H23N5O. The van der Waals surface area contributed by atoms with Crippen LogP contribution in [0.25, 0.3) is 11.4 Å². The Morgan fingerprint density at radius 1 is 1.16 bits per heavy atom. The van der Waals surface area contributed by atoms with Gasteiger partial charge < -0.3 is 10.2 Å². The molecule has 1 aromatic carbocycles. The quantitative estimate of drug-likeness (QED) is 0.811. The molecule has 2 heterocycles. The van der Waals surface area contributed by atoms with Crippen molar-refractivity contribution in [3.05, 3.63) is 55.3 Å². The van der Waals surface area contributed by atoms with Crippen LogP contribution in [0.3, 0.4) is 0 Å². The van der Waals surface area contributed by atoms with E-state index in [1.54, 1.807) is 12.3 Å². The summed E-state index contributed by atoms with van der Waals surface area (Å²) in [5.41, 5.74) is 1.02. The topological polar surface area (TPSA) is 61.4 Å². The van der Waals surface area contributed by atoms with Crippen molar-refractivity contribution in [3.63, 3.8) is 0 Å². The fourth-order valence-corrected chi connectivity index (χ4v) is 2.83. The van der Waals surface area contributed by atoms with Crippen molar-refractivity contribution in [2.45, 2.75) is 0 Å². The first kappa shape index (κ1) is 17.1. The van der Waals surface area contributed by atoms with Crippen molar-refractivity contribution >= 4 is 11.7 Å². The van der Waals surface area contributed by atoms with Gasteiger partial charge in [0.05, 0.1) is 6.54 Å². The lowest BCUT2D eigenvalue weighted by Gasteiger charge is -2.35. The first-order valence-corrected chi connectivity index (χ1v) is 8.49. The Labute approximate surface area is 148 Å². The van der Waals surface area contributed by atoms with E-state index in [1.807, 2.05) is 36.4 Å². The number of carbonyl (C=O) groups excluding carboxylic acids is 1. The molecule has 0 bridgehead atoms. The highest BCUT2D eigenvalue weighted by Crippen LogP contribution is 2.19. The van der Waals surface area contributed by atoms with Gasteiger partial charge in [0.1, 0.15) is 5.82 Å². The second-order valence-corrected chi connectivity index (χ2v) is 5.96. The Balaban J connectivity index is 1.58. The number of benzene rings is 1. The molecule has 0 saturated carbocycles. The number of rotatable bonds is 6. The standard InChI is InChI=1S/C19H23N5O/c1-2-9-20-18(25)15-23-11-13-24(14-12-23)17-8-10-21-19(22-17)16-6-4-3-5-7-16/h2-8,10H,1,9,11-15H2,(H,20,25). The molecule has 1 aliphatic heterocycles. The normalized spacial score (nSPS) is 15.0. The lowest BCUT2D eigenvalue weighted by molar-refractivity contribution is -0.122. The van der Waals surface area contributed by atoms with E-state index >= 15 is 0 Å². The van der Waals surface area contributed by atoms with Crippen LogP contribution < -0.4 is 10.2 Å². The van der Waals surface area contributed by atoms with Gasteiger partial charge >= 0.3 is 0 Å². The van der Waals surface area contributed by atoms with E-state index in [2.05, 4.69) is 26.7 Å². The predicted octanol–water partition coefficient (Wildman–Crippen LogP) is 1.57. The first-order valence-electron chi connectivity index (χ1n) is 8.49. The van der Waals surface area contributed by atoms with Gasteiger partial charge in [0.2, 0.25) is 5.91 Å². The molecule has 130 valence electrons. The Bertz CT molecular complexity index is 711. The fraction of sp³-hybridized carbons (Fsp3) is 0.316. The summed E-state index contributed by atoms with van der Waals surface area (Å²) in [7, 11) is 0. The molecule has 1 aromatic heterocycles. The molecule has 1 aliphatic rings. The van der Waals surface area contributed by atoms with Crippen molar-refractivity contribution in [2.24, 2.45) is 0 Å². The molecule has 6 nitrogen and oxygen atoms in total. The van der Waals surface area contributed by atoms with Crippen LogP contribution >= 0.6 is 0 Å². The Morgan fingerprint density at radius 3 is 2.64 bits per heavy atom. The largest absolute Gasteiger partial charge is 0.354 e. The smallest absolute Gasteiger partial charge is 0.234 e. The molecule has 2 aromatic rings. The zero-order valence-electron chi connectivity index (χ0n) is 14.3. The average molecular weight is 337 g/mol. The second-order valence-electron chi connectivity index (χ2n) is 5.96. The van der Waals surface area contributed by atoms with Gasteiger partial charge in [0, 0.05) is 44.5 Å². The highest BCUT2D eigenvalue weighted by Gasteiger charge is 2.20. The molecule has 0 radical (unpaired) electrons. The van der Waals surface area contributed by atoms with Crippen LogP contribution in [0.15, 0.2) is 55.3 Å². The number of aromatic nitrogens is 2. The minimum atomic E-state index is 0.0433. The molecule has 1 saturated heterocycles. The molecule has 0 spiro atoms. The van der Waals surface area contributed by atoms with Crippen LogP contribution in [-0.4, -0.2) is 60.0 Å². The minimum absolute atomic E-state index is 0.0433. The van der Waals surface area contributed by atoms with Crippen LogP contribution in [0.1, 0.15) is 0 Å². The van der Waals surface area contributed by atoms with Crippen molar-refractivity contribution in [1.82, 2.24) is 20.2 Å². The SMILES string of the molecule is C=CCNC(=O)CN1CCN(c2ccnc(-c3ccccc3)n2)CC1. The number of nitrogens with zero attached hydrogens (tertiary/aromatic N) is 4. The van der Waals surface area contributed by atoms with Gasteiger partial charge in [-0.1, -0.05) is 36.4 Å². The van der Waals surface area contributed by atoms with E-state index in [1.165, 1.54) is 0 Å². The number of anilines is 1. The van der Waals surface area contributed by atoms with Crippen LogP contribution in [0.5, 0.6) is 0 Å². The third kappa shape index (κ3) is 4.64. The summed E-state index contributed by atoms with van der Waals surface area (Å²) < 4.78 is 0. The van der Waals surface area contributed by atoms with Gasteiger partial charge in [-0.15, -0.1) is 6.58 Å². The third-order valence-electron chi connectivity index (χ3n) is 4.18. The van der Waals surface area contributed by atoms with Gasteiger partial charge in [-0.3, -0.25) is 9.69 Å². The minimum Gasteiger partial charge on any atom is -0.354 e. The number of amides is 1. The van der Waals surface area contributed by atoms with Crippen LogP contribution in [0.4, 0.5) is 5.82 Å². The van der Waals surface area contributed by atoms with Crippen molar-refractivity contribution in [1.29, 1.82) is 0 Å². The van der Waals surface area contributed by atoms with E-state index < -0.39 is 0 Å². The van der Waals surface area contributed by atoms with Crippen molar-refractivity contribution < 1.29 is 4.79 Å². The lowest BCUT2D eigenvalue weighted by Crippen LogP contribution is -2.49. The highest BCUT2D eigenvalue weighted by molar-refractivity contribution is 5.78. The molecule has 1 amide bonds. The summed E-state index contributed by atoms with van der Waals surface area (Å²) in [5, 5.41) is 2.82. The first-order chi connectivity index (χ1) is 12.3. The monoisotopic (exact) mass is 337 g/mol. The van der Waals surface area contributed by atoms with Crippen LogP contribution in [0, 0.1) is 0 Å². The van der Waals surface area contributed by atoms with Crippen LogP contribution in [-0.2, 0) is 4.79 Å². The molecule has 0 atom stereocenters. The summed E-state index contributed by atoms with van der Waals surface area (Å²) in [4.78, 5) is 25.3. The molecule has 25 heavy (non-hydrogen) atoms. The summed E-state index contributed by atoms with van der Waals surface area (Å²) in [5.74, 6) is 1.72. The Kier molecular flexibility index (Phi) is 5.74. The highest BCUT2D eigenvalue weighted by atomic mass is 16.2. The molecular weight excluding hydrogens is 314 g/mol. The predicted molar refractivity (Wildman–Crippen MR) is 99.3 cm³/mol. The third-order valence-corrected chi connectivity index (χ3v) is 4.18. The number of hydrogen-bond donors (Lipinski definition) is 1. The van der Waals surface area contributed by atoms with Crippen LogP contribution in [0.2, 0.25) is 0 Å². The molecule has 6 heteroatoms. The maximum atomic E-state index is 11.8. The maximum absolute atomic E-state index is 11.8. The maximum Gasteiger partial charge on any atom is 0.234 e. The lowest BCUT2D eigenvalue weighted by atomic mass is 10.2. The molecule has 3 rings (SSSR count). The number of piperazine rings is 1. The number of carbonyl (C=O) groups is 1. The molecule has 1 fully saturated rings. The van der Waals surface area contributed by atoms with E-state index in [-0.39, 0.29) is 5.91 Å². The fourth-order valence-electron chi connectivity index (χ4n) is 2.83. The van der Waals surface area contributed by atoms with Gasteiger partial charge in [0.15, 0.2) is 5.82 Å². The van der Waals surface area contributed by atoms with E-state index in [0.717, 1.165) is 43.4 Å². The Morgan fingerprint density at radius 2 is 1.92 bits per heavy atom. The summed E-state index contributed by atoms with van der Waals surface area (Å²) in [6, 6.07) is 11.9.